The summed E-state index contributed by atoms with van der Waals surface area (Å²) in [4.78, 5) is 22.6. The van der Waals surface area contributed by atoms with Gasteiger partial charge in [-0.25, -0.2) is 0 Å². The van der Waals surface area contributed by atoms with E-state index >= 15 is 0 Å². The molecule has 0 saturated heterocycles. The lowest BCUT2D eigenvalue weighted by molar-refractivity contribution is -0.386. The van der Waals surface area contributed by atoms with E-state index < -0.39 is 4.92 Å². The molecule has 0 atom stereocenters. The Labute approximate surface area is 172 Å². The van der Waals surface area contributed by atoms with E-state index in [0.717, 1.165) is 0 Å². The Morgan fingerprint density at radius 3 is 2.67 bits per heavy atom. The molecule has 154 valence electrons. The number of hydrogen-bond acceptors (Lipinski definition) is 7. The van der Waals surface area contributed by atoms with Gasteiger partial charge in [-0.15, -0.1) is 0 Å². The molecule has 30 heavy (non-hydrogen) atoms. The van der Waals surface area contributed by atoms with Crippen molar-refractivity contribution in [2.75, 3.05) is 19.0 Å². The van der Waals surface area contributed by atoms with Crippen LogP contribution in [0.2, 0.25) is 0 Å². The van der Waals surface area contributed by atoms with E-state index in [-0.39, 0.29) is 29.7 Å². The highest BCUT2D eigenvalue weighted by Gasteiger charge is 2.21. The minimum atomic E-state index is -0.538. The minimum absolute atomic E-state index is 0.0503. The third-order valence-corrected chi connectivity index (χ3v) is 4.07. The van der Waals surface area contributed by atoms with Gasteiger partial charge in [0.25, 0.3) is 5.91 Å². The molecule has 0 aliphatic heterocycles. The number of hydrogen-bond donors (Lipinski definition) is 1. The van der Waals surface area contributed by atoms with Gasteiger partial charge in [0, 0.05) is 5.69 Å². The van der Waals surface area contributed by atoms with Crippen molar-refractivity contribution in [2.24, 2.45) is 0 Å². The van der Waals surface area contributed by atoms with Gasteiger partial charge in [0.15, 0.2) is 23.8 Å². The first-order chi connectivity index (χ1) is 14.5. The molecule has 9 heteroatoms. The number of nitrogens with zero attached hydrogens (tertiary/aromatic N) is 2. The van der Waals surface area contributed by atoms with Crippen molar-refractivity contribution in [3.8, 4) is 11.5 Å². The number of aryl methyl sites for hydroxylation is 1. The number of benzene rings is 2. The third kappa shape index (κ3) is 5.02. The molecule has 0 spiro atoms. The predicted molar refractivity (Wildman–Crippen MR) is 110 cm³/mol. The van der Waals surface area contributed by atoms with Crippen LogP contribution in [0.5, 0.6) is 11.5 Å². The normalized spacial score (nSPS) is 10.7. The van der Waals surface area contributed by atoms with Gasteiger partial charge in [0.2, 0.25) is 5.76 Å². The molecular weight excluding hydrogens is 390 g/mol. The number of ether oxygens (including phenoxy) is 2. The second-order valence-corrected chi connectivity index (χ2v) is 6.18. The molecular formula is C21H19N3O6. The maximum absolute atomic E-state index is 12.0. The van der Waals surface area contributed by atoms with Crippen LogP contribution < -0.4 is 14.8 Å². The fourth-order valence-electron chi connectivity index (χ4n) is 2.65. The van der Waals surface area contributed by atoms with Crippen molar-refractivity contribution in [1.29, 1.82) is 0 Å². The first kappa shape index (κ1) is 20.6. The summed E-state index contributed by atoms with van der Waals surface area (Å²) >= 11 is 0. The summed E-state index contributed by atoms with van der Waals surface area (Å²) in [7, 11) is 1.48. The third-order valence-electron chi connectivity index (χ3n) is 4.07. The van der Waals surface area contributed by atoms with Crippen molar-refractivity contribution in [2.45, 2.75) is 6.92 Å². The van der Waals surface area contributed by atoms with Gasteiger partial charge < -0.3 is 19.3 Å². The topological polar surface area (TPSA) is 117 Å². The summed E-state index contributed by atoms with van der Waals surface area (Å²) in [6.07, 6.45) is 3.09. The van der Waals surface area contributed by atoms with Gasteiger partial charge >= 0.3 is 5.69 Å². The Hall–Kier alpha value is -4.14. The van der Waals surface area contributed by atoms with Crippen LogP contribution in [-0.4, -0.2) is 29.7 Å². The van der Waals surface area contributed by atoms with Crippen LogP contribution in [0, 0.1) is 17.0 Å². The number of methoxy groups -OCH3 is 1. The van der Waals surface area contributed by atoms with Crippen molar-refractivity contribution in [1.82, 2.24) is 5.16 Å². The molecule has 1 aromatic heterocycles. The molecule has 0 radical (unpaired) electrons. The zero-order valence-electron chi connectivity index (χ0n) is 16.3. The fraction of sp³-hybridized carbons (Fsp3) is 0.143. The molecule has 9 nitrogen and oxygen atoms in total. The number of anilines is 1. The molecule has 1 N–H and O–H groups in total. The van der Waals surface area contributed by atoms with E-state index in [1.165, 1.54) is 20.1 Å². The van der Waals surface area contributed by atoms with Gasteiger partial charge in [-0.05, 0) is 42.8 Å². The van der Waals surface area contributed by atoms with Gasteiger partial charge in [-0.2, -0.15) is 0 Å². The van der Waals surface area contributed by atoms with Crippen LogP contribution in [-0.2, 0) is 4.79 Å². The molecule has 1 heterocycles. The molecule has 0 saturated carbocycles. The zero-order chi connectivity index (χ0) is 21.5. The molecule has 0 unspecified atom stereocenters. The van der Waals surface area contributed by atoms with E-state index in [1.54, 1.807) is 36.4 Å². The molecule has 1 amide bonds. The largest absolute Gasteiger partial charge is 0.493 e. The Morgan fingerprint density at radius 2 is 1.97 bits per heavy atom. The van der Waals surface area contributed by atoms with Crippen LogP contribution in [0.15, 0.2) is 53.1 Å². The van der Waals surface area contributed by atoms with Gasteiger partial charge in [0.1, 0.15) is 0 Å². The summed E-state index contributed by atoms with van der Waals surface area (Å²) in [5.74, 6) is 0.543. The molecule has 3 rings (SSSR count). The Balaban J connectivity index is 1.67. The van der Waals surface area contributed by atoms with E-state index in [0.29, 0.717) is 22.7 Å². The van der Waals surface area contributed by atoms with E-state index in [9.17, 15) is 14.9 Å². The average Bonchev–Trinajstić information content (AvgIpc) is 3.12. The maximum atomic E-state index is 12.0. The molecule has 0 aliphatic carbocycles. The van der Waals surface area contributed by atoms with Gasteiger partial charge in [0.05, 0.1) is 12.0 Å². The van der Waals surface area contributed by atoms with Crippen LogP contribution in [0.1, 0.15) is 17.0 Å². The Bertz CT molecular complexity index is 1080. The number of carbonyl (C=O) groups excluding carboxylic acids is 1. The van der Waals surface area contributed by atoms with Crippen molar-refractivity contribution >= 4 is 29.4 Å². The molecule has 0 aliphatic rings. The monoisotopic (exact) mass is 409 g/mol. The first-order valence-corrected chi connectivity index (χ1v) is 8.92. The van der Waals surface area contributed by atoms with E-state index in [1.807, 2.05) is 18.2 Å². The number of amides is 1. The summed E-state index contributed by atoms with van der Waals surface area (Å²) in [5.41, 5.74) is 1.39. The summed E-state index contributed by atoms with van der Waals surface area (Å²) < 4.78 is 15.9. The maximum Gasteiger partial charge on any atom is 0.338 e. The SMILES string of the molecule is COc1cc(/C=C/c2onc(C)c2[N+](=O)[O-])ccc1OCC(=O)Nc1ccccc1. The highest BCUT2D eigenvalue weighted by molar-refractivity contribution is 5.91. The quantitative estimate of drug-likeness (QED) is 0.440. The molecule has 0 bridgehead atoms. The lowest BCUT2D eigenvalue weighted by Crippen LogP contribution is -2.20. The summed E-state index contributed by atoms with van der Waals surface area (Å²) in [6, 6.07) is 14.1. The first-order valence-electron chi connectivity index (χ1n) is 8.92. The molecule has 3 aromatic rings. The second kappa shape index (κ2) is 9.37. The highest BCUT2D eigenvalue weighted by atomic mass is 16.6. The summed E-state index contributed by atoms with van der Waals surface area (Å²) in [5, 5.41) is 17.5. The molecule has 0 fully saturated rings. The number of carbonyl (C=O) groups is 1. The number of aromatic nitrogens is 1. The van der Waals surface area contributed by atoms with Crippen LogP contribution in [0.25, 0.3) is 12.2 Å². The lowest BCUT2D eigenvalue weighted by atomic mass is 10.1. The number of rotatable bonds is 8. The Morgan fingerprint density at radius 1 is 1.20 bits per heavy atom. The van der Waals surface area contributed by atoms with E-state index in [4.69, 9.17) is 14.0 Å². The lowest BCUT2D eigenvalue weighted by Gasteiger charge is -2.11. The van der Waals surface area contributed by atoms with Crippen LogP contribution >= 0.6 is 0 Å². The highest BCUT2D eigenvalue weighted by Crippen LogP contribution is 2.30. The second-order valence-electron chi connectivity index (χ2n) is 6.18. The van der Waals surface area contributed by atoms with Crippen molar-refractivity contribution < 1.29 is 23.7 Å². The van der Waals surface area contributed by atoms with Crippen molar-refractivity contribution in [3.63, 3.8) is 0 Å². The standard InChI is InChI=1S/C21H19N3O6/c1-14-21(24(26)27)18(30-23-14)11-9-15-8-10-17(19(12-15)28-2)29-13-20(25)22-16-6-4-3-5-7-16/h3-12H,13H2,1-2H3,(H,22,25)/b11-9+. The van der Waals surface area contributed by atoms with E-state index in [2.05, 4.69) is 10.5 Å². The number of nitrogens with one attached hydrogen (secondary N) is 1. The smallest absolute Gasteiger partial charge is 0.338 e. The van der Waals surface area contributed by atoms with Crippen LogP contribution in [0.4, 0.5) is 11.4 Å². The number of para-hydroxylation sites is 1. The number of nitro groups is 1. The summed E-state index contributed by atoms with van der Waals surface area (Å²) in [6.45, 7) is 1.31. The van der Waals surface area contributed by atoms with Crippen molar-refractivity contribution in [3.05, 3.63) is 75.7 Å². The predicted octanol–water partition coefficient (Wildman–Crippen LogP) is 4.09. The fourth-order valence-corrected chi connectivity index (χ4v) is 2.65. The van der Waals surface area contributed by atoms with Gasteiger partial charge in [-0.3, -0.25) is 14.9 Å². The molecule has 2 aromatic carbocycles. The average molecular weight is 409 g/mol. The van der Waals surface area contributed by atoms with Crippen LogP contribution in [0.3, 0.4) is 0 Å². The minimum Gasteiger partial charge on any atom is -0.493 e. The Kier molecular flexibility index (Phi) is 6.43. The van der Waals surface area contributed by atoms with Gasteiger partial charge in [-0.1, -0.05) is 35.5 Å². The zero-order valence-corrected chi connectivity index (χ0v) is 16.3.